The smallest absolute Gasteiger partial charge is 0.228 e. The Labute approximate surface area is 203 Å². The lowest BCUT2D eigenvalue weighted by Gasteiger charge is -2.31. The molecule has 10 heteroatoms. The second-order valence-corrected chi connectivity index (χ2v) is 11.2. The maximum absolute atomic E-state index is 13.0. The molecule has 2 aliphatic rings. The molecule has 33 heavy (non-hydrogen) atoms. The quantitative estimate of drug-likeness (QED) is 0.628. The van der Waals surface area contributed by atoms with Crippen LogP contribution in [0.3, 0.4) is 0 Å². The SMILES string of the molecule is O=C(Nc1ccc(N2CCCC2=O)cc1)C1CCCN(S(=O)(=O)Cc2ccc(Cl)c(Cl)c2)C1. The van der Waals surface area contributed by atoms with Crippen molar-refractivity contribution in [2.45, 2.75) is 31.4 Å². The molecule has 2 aliphatic heterocycles. The molecule has 7 nitrogen and oxygen atoms in total. The molecule has 0 bridgehead atoms. The summed E-state index contributed by atoms with van der Waals surface area (Å²) in [5.41, 5.74) is 1.98. The lowest BCUT2D eigenvalue weighted by molar-refractivity contribution is -0.121. The predicted octanol–water partition coefficient (Wildman–Crippen LogP) is 4.30. The van der Waals surface area contributed by atoms with Crippen molar-refractivity contribution in [1.82, 2.24) is 4.31 Å². The number of hydrogen-bond acceptors (Lipinski definition) is 4. The van der Waals surface area contributed by atoms with Gasteiger partial charge in [0.05, 0.1) is 21.7 Å². The van der Waals surface area contributed by atoms with Crippen molar-refractivity contribution < 1.29 is 18.0 Å². The summed E-state index contributed by atoms with van der Waals surface area (Å²) in [5.74, 6) is -0.748. The molecule has 2 fully saturated rings. The van der Waals surface area contributed by atoms with Crippen LogP contribution < -0.4 is 10.2 Å². The number of rotatable bonds is 6. The highest BCUT2D eigenvalue weighted by Crippen LogP contribution is 2.27. The lowest BCUT2D eigenvalue weighted by Crippen LogP contribution is -2.44. The van der Waals surface area contributed by atoms with Crippen LogP contribution in [-0.4, -0.2) is 44.2 Å². The summed E-state index contributed by atoms with van der Waals surface area (Å²) in [4.78, 5) is 26.5. The van der Waals surface area contributed by atoms with Crippen LogP contribution in [0.1, 0.15) is 31.2 Å². The van der Waals surface area contributed by atoms with Crippen molar-refractivity contribution in [3.05, 3.63) is 58.1 Å². The van der Waals surface area contributed by atoms with E-state index in [4.69, 9.17) is 23.2 Å². The third kappa shape index (κ3) is 5.69. The van der Waals surface area contributed by atoms with Gasteiger partial charge in [0, 0.05) is 37.4 Å². The standard InChI is InChI=1S/C23H25Cl2N3O4S/c24-20-10-5-16(13-21(20)25)15-33(31,32)27-11-1-3-17(14-27)23(30)26-18-6-8-19(9-7-18)28-12-2-4-22(28)29/h5-10,13,17H,1-4,11-12,14-15H2,(H,26,30). The first-order valence-electron chi connectivity index (χ1n) is 10.9. The number of nitrogens with one attached hydrogen (secondary N) is 1. The van der Waals surface area contributed by atoms with E-state index in [2.05, 4.69) is 5.32 Å². The van der Waals surface area contributed by atoms with Crippen LogP contribution in [0.15, 0.2) is 42.5 Å². The summed E-state index contributed by atoms with van der Waals surface area (Å²) in [6.45, 7) is 1.22. The highest BCUT2D eigenvalue weighted by Gasteiger charge is 2.32. The molecule has 0 aromatic heterocycles. The number of amides is 2. The van der Waals surface area contributed by atoms with Crippen molar-refractivity contribution in [3.8, 4) is 0 Å². The molecule has 176 valence electrons. The highest BCUT2D eigenvalue weighted by molar-refractivity contribution is 7.88. The second-order valence-electron chi connectivity index (χ2n) is 8.39. The van der Waals surface area contributed by atoms with Crippen molar-refractivity contribution in [1.29, 1.82) is 0 Å². The molecule has 1 N–H and O–H groups in total. The summed E-state index contributed by atoms with van der Waals surface area (Å²) < 4.78 is 27.3. The Morgan fingerprint density at radius 3 is 2.45 bits per heavy atom. The number of nitrogens with zero attached hydrogens (tertiary/aromatic N) is 2. The van der Waals surface area contributed by atoms with E-state index in [-0.39, 0.29) is 24.1 Å². The Hall–Kier alpha value is -2.13. The number of anilines is 2. The lowest BCUT2D eigenvalue weighted by atomic mass is 9.98. The van der Waals surface area contributed by atoms with Gasteiger partial charge in [0.25, 0.3) is 0 Å². The van der Waals surface area contributed by atoms with Gasteiger partial charge in [-0.1, -0.05) is 29.3 Å². The summed E-state index contributed by atoms with van der Waals surface area (Å²) in [5, 5.41) is 3.55. The van der Waals surface area contributed by atoms with E-state index in [1.54, 1.807) is 35.2 Å². The van der Waals surface area contributed by atoms with E-state index in [9.17, 15) is 18.0 Å². The molecule has 0 aliphatic carbocycles. The molecule has 1 unspecified atom stereocenters. The fraction of sp³-hybridized carbons (Fsp3) is 0.391. The minimum atomic E-state index is -3.61. The number of halogens is 2. The summed E-state index contributed by atoms with van der Waals surface area (Å²) >= 11 is 11.9. The Morgan fingerprint density at radius 1 is 1.03 bits per heavy atom. The van der Waals surface area contributed by atoms with Gasteiger partial charge in [0.15, 0.2) is 0 Å². The summed E-state index contributed by atoms with van der Waals surface area (Å²) in [6.07, 6.45) is 2.63. The molecule has 2 saturated heterocycles. The van der Waals surface area contributed by atoms with Crippen LogP contribution in [0, 0.1) is 5.92 Å². The number of piperidine rings is 1. The van der Waals surface area contributed by atoms with Gasteiger partial charge in [-0.2, -0.15) is 0 Å². The Kier molecular flexibility index (Phi) is 7.28. The normalized spacial score (nSPS) is 19.6. The molecule has 2 amide bonds. The fourth-order valence-corrected chi connectivity index (χ4v) is 6.15. The second kappa shape index (κ2) is 10.0. The number of benzene rings is 2. The van der Waals surface area contributed by atoms with E-state index in [0.717, 1.165) is 12.1 Å². The van der Waals surface area contributed by atoms with Crippen molar-refractivity contribution >= 4 is 56.4 Å². The zero-order valence-corrected chi connectivity index (χ0v) is 20.3. The average Bonchev–Trinajstić information content (AvgIpc) is 3.22. The van der Waals surface area contributed by atoms with Gasteiger partial charge >= 0.3 is 0 Å². The molecule has 0 radical (unpaired) electrons. The number of carbonyl (C=O) groups is 2. The van der Waals surface area contributed by atoms with E-state index >= 15 is 0 Å². The molecule has 0 spiro atoms. The monoisotopic (exact) mass is 509 g/mol. The van der Waals surface area contributed by atoms with Crippen LogP contribution in [0.4, 0.5) is 11.4 Å². The number of carbonyl (C=O) groups excluding carboxylic acids is 2. The highest BCUT2D eigenvalue weighted by atomic mass is 35.5. The van der Waals surface area contributed by atoms with E-state index in [1.165, 1.54) is 4.31 Å². The topological polar surface area (TPSA) is 86.8 Å². The zero-order valence-electron chi connectivity index (χ0n) is 18.0. The first-order valence-corrected chi connectivity index (χ1v) is 13.2. The maximum atomic E-state index is 13.0. The first kappa shape index (κ1) is 24.0. The van der Waals surface area contributed by atoms with Gasteiger partial charge in [0.1, 0.15) is 0 Å². The largest absolute Gasteiger partial charge is 0.326 e. The number of hydrogen-bond donors (Lipinski definition) is 1. The van der Waals surface area contributed by atoms with Crippen LogP contribution in [-0.2, 0) is 25.4 Å². The van der Waals surface area contributed by atoms with Crippen molar-refractivity contribution in [3.63, 3.8) is 0 Å². The van der Waals surface area contributed by atoms with Crippen LogP contribution in [0.5, 0.6) is 0 Å². The average molecular weight is 510 g/mol. The van der Waals surface area contributed by atoms with Gasteiger partial charge in [-0.15, -0.1) is 0 Å². The molecular weight excluding hydrogens is 485 g/mol. The Morgan fingerprint density at radius 2 is 1.79 bits per heavy atom. The van der Waals surface area contributed by atoms with E-state index < -0.39 is 15.9 Å². The van der Waals surface area contributed by atoms with Crippen LogP contribution in [0.2, 0.25) is 10.0 Å². The zero-order chi connectivity index (χ0) is 23.6. The molecular formula is C23H25Cl2N3O4S. The summed E-state index contributed by atoms with van der Waals surface area (Å²) in [6, 6.07) is 11.9. The van der Waals surface area contributed by atoms with Gasteiger partial charge in [-0.3, -0.25) is 9.59 Å². The molecule has 0 saturated carbocycles. The van der Waals surface area contributed by atoms with E-state index in [1.807, 2.05) is 12.1 Å². The van der Waals surface area contributed by atoms with Crippen molar-refractivity contribution in [2.24, 2.45) is 5.92 Å². The van der Waals surface area contributed by atoms with Gasteiger partial charge in [-0.25, -0.2) is 12.7 Å². The maximum Gasteiger partial charge on any atom is 0.228 e. The summed E-state index contributed by atoms with van der Waals surface area (Å²) in [7, 11) is -3.61. The minimum Gasteiger partial charge on any atom is -0.326 e. The Balaban J connectivity index is 1.37. The van der Waals surface area contributed by atoms with E-state index in [0.29, 0.717) is 53.6 Å². The molecule has 1 atom stereocenters. The minimum absolute atomic E-state index is 0.108. The van der Waals surface area contributed by atoms with Gasteiger partial charge < -0.3 is 10.2 Å². The van der Waals surface area contributed by atoms with Gasteiger partial charge in [0.2, 0.25) is 21.8 Å². The molecule has 2 aromatic carbocycles. The molecule has 2 aromatic rings. The molecule has 4 rings (SSSR count). The van der Waals surface area contributed by atoms with Crippen LogP contribution in [0.25, 0.3) is 0 Å². The van der Waals surface area contributed by atoms with Crippen molar-refractivity contribution in [2.75, 3.05) is 29.9 Å². The predicted molar refractivity (Wildman–Crippen MR) is 130 cm³/mol. The third-order valence-electron chi connectivity index (χ3n) is 6.00. The van der Waals surface area contributed by atoms with Crippen LogP contribution >= 0.6 is 23.2 Å². The fourth-order valence-electron chi connectivity index (χ4n) is 4.23. The number of sulfonamides is 1. The first-order chi connectivity index (χ1) is 15.7. The van der Waals surface area contributed by atoms with Gasteiger partial charge in [-0.05, 0) is 61.2 Å². The molecule has 2 heterocycles. The third-order valence-corrected chi connectivity index (χ3v) is 8.56. The Bertz CT molecular complexity index is 1150.